The quantitative estimate of drug-likeness (QED) is 0.466. The highest BCUT2D eigenvalue weighted by atomic mass is 35.5. The van der Waals surface area contributed by atoms with E-state index in [0.29, 0.717) is 11.1 Å². The Bertz CT molecular complexity index is 743. The summed E-state index contributed by atoms with van der Waals surface area (Å²) in [7, 11) is 2.58. The third kappa shape index (κ3) is 4.02. The predicted molar refractivity (Wildman–Crippen MR) is 84.6 cm³/mol. The summed E-state index contributed by atoms with van der Waals surface area (Å²) in [6, 6.07) is 11.1. The first-order valence-electron chi connectivity index (χ1n) is 6.60. The second-order valence-corrected chi connectivity index (χ2v) is 4.84. The topological polar surface area (TPSA) is 44.8 Å². The van der Waals surface area contributed by atoms with Gasteiger partial charge in [0.25, 0.3) is 0 Å². The Balaban J connectivity index is 2.40. The van der Waals surface area contributed by atoms with E-state index in [4.69, 9.17) is 21.1 Å². The van der Waals surface area contributed by atoms with E-state index in [-0.39, 0.29) is 22.3 Å². The number of rotatable bonds is 5. The standard InChI is InChI=1S/C17H14ClFO4/c1-21-10-16(17(20)22-2)23-15-9-11(7-8-13(15)18)12-5-3-4-6-14(12)19/h3-10H,1-2H3/b16-10-. The zero-order valence-corrected chi connectivity index (χ0v) is 13.3. The minimum atomic E-state index is -0.723. The zero-order chi connectivity index (χ0) is 16.8. The van der Waals surface area contributed by atoms with E-state index in [2.05, 4.69) is 4.74 Å². The molecule has 0 saturated heterocycles. The lowest BCUT2D eigenvalue weighted by molar-refractivity contribution is -0.138. The number of ether oxygens (including phenoxy) is 3. The van der Waals surface area contributed by atoms with Gasteiger partial charge in [0.05, 0.1) is 19.2 Å². The lowest BCUT2D eigenvalue weighted by Crippen LogP contribution is -2.11. The summed E-state index contributed by atoms with van der Waals surface area (Å²) in [5.74, 6) is -1.09. The Hall–Kier alpha value is -2.53. The SMILES string of the molecule is CO/C=C(\Oc1cc(-c2ccccc2F)ccc1Cl)C(=O)OC. The number of benzene rings is 2. The molecule has 0 bridgehead atoms. The third-order valence-electron chi connectivity index (χ3n) is 2.95. The molecule has 0 radical (unpaired) electrons. The van der Waals surface area contributed by atoms with Crippen LogP contribution in [0.4, 0.5) is 4.39 Å². The van der Waals surface area contributed by atoms with Crippen LogP contribution in [-0.4, -0.2) is 20.2 Å². The van der Waals surface area contributed by atoms with Crippen molar-refractivity contribution in [2.45, 2.75) is 0 Å². The Labute approximate surface area is 138 Å². The largest absolute Gasteiger partial charge is 0.500 e. The minimum Gasteiger partial charge on any atom is -0.500 e. The monoisotopic (exact) mass is 336 g/mol. The third-order valence-corrected chi connectivity index (χ3v) is 3.26. The van der Waals surface area contributed by atoms with Gasteiger partial charge in [-0.3, -0.25) is 0 Å². The molecule has 2 aromatic rings. The molecule has 0 fully saturated rings. The van der Waals surface area contributed by atoms with Crippen LogP contribution >= 0.6 is 11.6 Å². The molecule has 0 aliphatic heterocycles. The number of halogens is 2. The van der Waals surface area contributed by atoms with Crippen LogP contribution in [0.25, 0.3) is 11.1 Å². The molecule has 0 aliphatic carbocycles. The molecule has 0 spiro atoms. The van der Waals surface area contributed by atoms with Crippen molar-refractivity contribution in [3.63, 3.8) is 0 Å². The van der Waals surface area contributed by atoms with Crippen molar-refractivity contribution in [2.24, 2.45) is 0 Å². The van der Waals surface area contributed by atoms with Crippen molar-refractivity contribution in [1.82, 2.24) is 0 Å². The number of carbonyl (C=O) groups is 1. The Morgan fingerprint density at radius 2 is 1.91 bits per heavy atom. The summed E-state index contributed by atoms with van der Waals surface area (Å²) in [4.78, 5) is 11.6. The van der Waals surface area contributed by atoms with E-state index >= 15 is 0 Å². The molecule has 4 nitrogen and oxygen atoms in total. The van der Waals surface area contributed by atoms with Gasteiger partial charge in [0.2, 0.25) is 5.76 Å². The van der Waals surface area contributed by atoms with Crippen LogP contribution < -0.4 is 4.74 Å². The molecular weight excluding hydrogens is 323 g/mol. The van der Waals surface area contributed by atoms with Crippen LogP contribution in [0.1, 0.15) is 0 Å². The molecular formula is C17H14ClFO4. The lowest BCUT2D eigenvalue weighted by atomic mass is 10.1. The summed E-state index contributed by atoms with van der Waals surface area (Å²) in [5.41, 5.74) is 0.952. The van der Waals surface area contributed by atoms with Gasteiger partial charge in [-0.05, 0) is 23.8 Å². The molecule has 6 heteroatoms. The molecule has 0 atom stereocenters. The normalized spacial score (nSPS) is 11.0. The van der Waals surface area contributed by atoms with Crippen LogP contribution in [0.15, 0.2) is 54.5 Å². The molecule has 2 rings (SSSR count). The molecule has 0 N–H and O–H groups in total. The average Bonchev–Trinajstić information content (AvgIpc) is 2.56. The molecule has 0 amide bonds. The van der Waals surface area contributed by atoms with Gasteiger partial charge in [-0.2, -0.15) is 0 Å². The Kier molecular flexibility index (Phi) is 5.60. The molecule has 0 aromatic heterocycles. The van der Waals surface area contributed by atoms with E-state index in [0.717, 1.165) is 6.26 Å². The summed E-state index contributed by atoms with van der Waals surface area (Å²) < 4.78 is 28.7. The van der Waals surface area contributed by atoms with Gasteiger partial charge in [-0.1, -0.05) is 35.9 Å². The number of esters is 1. The highest BCUT2D eigenvalue weighted by Crippen LogP contribution is 2.32. The molecule has 2 aromatic carbocycles. The van der Waals surface area contributed by atoms with Crippen LogP contribution in [0.5, 0.6) is 5.75 Å². The first-order chi connectivity index (χ1) is 11.1. The smallest absolute Gasteiger partial charge is 0.377 e. The van der Waals surface area contributed by atoms with Gasteiger partial charge in [-0.25, -0.2) is 9.18 Å². The van der Waals surface area contributed by atoms with Crippen LogP contribution in [-0.2, 0) is 14.3 Å². The van der Waals surface area contributed by atoms with Crippen LogP contribution in [0.3, 0.4) is 0 Å². The molecule has 0 aliphatic rings. The zero-order valence-electron chi connectivity index (χ0n) is 12.5. The van der Waals surface area contributed by atoms with Crippen molar-refractivity contribution in [1.29, 1.82) is 0 Å². The number of carbonyl (C=O) groups excluding carboxylic acids is 1. The fourth-order valence-corrected chi connectivity index (χ4v) is 2.04. The lowest BCUT2D eigenvalue weighted by Gasteiger charge is -2.11. The second kappa shape index (κ2) is 7.65. The van der Waals surface area contributed by atoms with Gasteiger partial charge in [0.1, 0.15) is 17.8 Å². The van der Waals surface area contributed by atoms with Crippen LogP contribution in [0.2, 0.25) is 5.02 Å². The van der Waals surface area contributed by atoms with E-state index in [1.165, 1.54) is 26.4 Å². The van der Waals surface area contributed by atoms with Gasteiger partial charge in [0.15, 0.2) is 0 Å². The molecule has 23 heavy (non-hydrogen) atoms. The molecule has 0 saturated carbocycles. The fraction of sp³-hybridized carbons (Fsp3) is 0.118. The van der Waals surface area contributed by atoms with Crippen LogP contribution in [0, 0.1) is 5.82 Å². The van der Waals surface area contributed by atoms with E-state index < -0.39 is 5.97 Å². The Morgan fingerprint density at radius 1 is 1.17 bits per heavy atom. The Morgan fingerprint density at radius 3 is 2.57 bits per heavy atom. The molecule has 0 heterocycles. The minimum absolute atomic E-state index is 0.178. The van der Waals surface area contributed by atoms with Gasteiger partial charge >= 0.3 is 5.97 Å². The van der Waals surface area contributed by atoms with Crippen molar-refractivity contribution in [2.75, 3.05) is 14.2 Å². The van der Waals surface area contributed by atoms with Crippen molar-refractivity contribution >= 4 is 17.6 Å². The second-order valence-electron chi connectivity index (χ2n) is 4.44. The van der Waals surface area contributed by atoms with Crippen molar-refractivity contribution in [3.05, 3.63) is 65.3 Å². The fourth-order valence-electron chi connectivity index (χ4n) is 1.88. The summed E-state index contributed by atoms with van der Waals surface area (Å²) in [6.45, 7) is 0. The first kappa shape index (κ1) is 16.8. The maximum Gasteiger partial charge on any atom is 0.377 e. The van der Waals surface area contributed by atoms with Crippen molar-refractivity contribution in [3.8, 4) is 16.9 Å². The molecule has 120 valence electrons. The highest BCUT2D eigenvalue weighted by molar-refractivity contribution is 6.32. The first-order valence-corrected chi connectivity index (χ1v) is 6.98. The maximum absolute atomic E-state index is 13.9. The number of hydrogen-bond donors (Lipinski definition) is 0. The van der Waals surface area contributed by atoms with E-state index in [1.807, 2.05) is 0 Å². The number of hydrogen-bond acceptors (Lipinski definition) is 4. The van der Waals surface area contributed by atoms with Gasteiger partial charge in [-0.15, -0.1) is 0 Å². The predicted octanol–water partition coefficient (Wildman–Crippen LogP) is 4.19. The van der Waals surface area contributed by atoms with E-state index in [9.17, 15) is 9.18 Å². The van der Waals surface area contributed by atoms with Gasteiger partial charge < -0.3 is 14.2 Å². The summed E-state index contributed by atoms with van der Waals surface area (Å²) in [6.07, 6.45) is 1.10. The van der Waals surface area contributed by atoms with Crippen molar-refractivity contribution < 1.29 is 23.4 Å². The van der Waals surface area contributed by atoms with Gasteiger partial charge in [0, 0.05) is 5.56 Å². The van der Waals surface area contributed by atoms with E-state index in [1.54, 1.807) is 30.3 Å². The average molecular weight is 337 g/mol. The maximum atomic E-state index is 13.9. The summed E-state index contributed by atoms with van der Waals surface area (Å²) >= 11 is 6.08. The molecule has 0 unspecified atom stereocenters. The summed E-state index contributed by atoms with van der Waals surface area (Å²) in [5, 5.41) is 0.260. The highest BCUT2D eigenvalue weighted by Gasteiger charge is 2.16. The number of methoxy groups -OCH3 is 2.